The number of benzene rings is 1. The van der Waals surface area contributed by atoms with E-state index in [4.69, 9.17) is 0 Å². The number of rotatable bonds is 6. The Morgan fingerprint density at radius 1 is 1.23 bits per heavy atom. The number of halogens is 1. The number of sulfonamides is 1. The fraction of sp³-hybridized carbons (Fsp3) is 0.600. The number of hydrogen-bond acceptors (Lipinski definition) is 2. The van der Waals surface area contributed by atoms with Gasteiger partial charge in [-0.2, -0.15) is 0 Å². The van der Waals surface area contributed by atoms with Crippen molar-refractivity contribution in [3.05, 3.63) is 28.2 Å². The molecule has 0 bridgehead atoms. The van der Waals surface area contributed by atoms with E-state index in [1.807, 2.05) is 19.1 Å². The van der Waals surface area contributed by atoms with E-state index < -0.39 is 10.0 Å². The van der Waals surface area contributed by atoms with Crippen LogP contribution in [0.1, 0.15) is 12.0 Å². The largest absolute Gasteiger partial charge is 0.328 e. The van der Waals surface area contributed by atoms with Gasteiger partial charge in [-0.1, -0.05) is 22.0 Å². The van der Waals surface area contributed by atoms with E-state index in [0.29, 0.717) is 11.4 Å². The van der Waals surface area contributed by atoms with Crippen LogP contribution in [0, 0.1) is 6.92 Å². The van der Waals surface area contributed by atoms with Gasteiger partial charge in [0.25, 0.3) is 0 Å². The van der Waals surface area contributed by atoms with Gasteiger partial charge in [0, 0.05) is 17.4 Å². The lowest BCUT2D eigenvalue weighted by Crippen LogP contribution is -3.27. The minimum Gasteiger partial charge on any atom is -0.328 e. The molecule has 1 aliphatic heterocycles. The molecular weight excluding hydrogens is 366 g/mol. The van der Waals surface area contributed by atoms with Crippen LogP contribution in [0.25, 0.3) is 0 Å². The molecule has 1 aromatic rings. The third kappa shape index (κ3) is 5.03. The Morgan fingerprint density at radius 3 is 2.59 bits per heavy atom. The fourth-order valence-electron chi connectivity index (χ4n) is 2.77. The molecule has 1 fully saturated rings. The van der Waals surface area contributed by atoms with Crippen LogP contribution in [-0.2, 0) is 10.0 Å². The van der Waals surface area contributed by atoms with Crippen LogP contribution in [0.3, 0.4) is 0 Å². The molecule has 0 radical (unpaired) electrons. The number of aryl methyl sites for hydroxylation is 1. The van der Waals surface area contributed by atoms with E-state index in [9.17, 15) is 8.42 Å². The first-order valence-electron chi connectivity index (χ1n) is 7.79. The molecule has 0 spiro atoms. The molecule has 3 N–H and O–H groups in total. The van der Waals surface area contributed by atoms with Crippen LogP contribution >= 0.6 is 15.9 Å². The molecule has 0 aromatic heterocycles. The van der Waals surface area contributed by atoms with E-state index in [1.165, 1.54) is 26.2 Å². The van der Waals surface area contributed by atoms with Crippen molar-refractivity contribution in [1.82, 2.24) is 4.72 Å². The average Bonchev–Trinajstić information content (AvgIpc) is 2.48. The van der Waals surface area contributed by atoms with Crippen molar-refractivity contribution in [1.29, 1.82) is 0 Å². The highest BCUT2D eigenvalue weighted by Crippen LogP contribution is 2.20. The third-order valence-electron chi connectivity index (χ3n) is 4.25. The molecule has 7 heteroatoms. The maximum absolute atomic E-state index is 12.4. The summed E-state index contributed by atoms with van der Waals surface area (Å²) in [7, 11) is -1.19. The Hall–Kier alpha value is -0.470. The zero-order chi connectivity index (χ0) is 16.2. The van der Waals surface area contributed by atoms with Gasteiger partial charge in [-0.3, -0.25) is 0 Å². The standard InChI is InChI=1S/C15H24BrN3O2S/c1-13-4-5-14(16)12-15(13)22(20,21)17-6-3-7-19-10-8-18(2)9-11-19/h4-5,12,17H,3,6-11H2,1-2H3/p+2. The minimum absolute atomic E-state index is 0.359. The van der Waals surface area contributed by atoms with Gasteiger partial charge in [-0.25, -0.2) is 13.1 Å². The average molecular weight is 392 g/mol. The predicted octanol–water partition coefficient (Wildman–Crippen LogP) is -1.16. The quantitative estimate of drug-likeness (QED) is 0.535. The van der Waals surface area contributed by atoms with Crippen molar-refractivity contribution in [2.45, 2.75) is 18.2 Å². The molecule has 1 aromatic carbocycles. The van der Waals surface area contributed by atoms with Gasteiger partial charge in [-0.15, -0.1) is 0 Å². The SMILES string of the molecule is Cc1ccc(Br)cc1S(=O)(=O)NCCC[NH+]1CC[NH+](C)CC1. The third-order valence-corrected chi connectivity index (χ3v) is 6.35. The molecule has 0 unspecified atom stereocenters. The Kier molecular flexibility index (Phi) is 6.40. The van der Waals surface area contributed by atoms with Crippen molar-refractivity contribution < 1.29 is 18.2 Å². The molecule has 124 valence electrons. The number of nitrogens with one attached hydrogen (secondary N) is 3. The summed E-state index contributed by atoms with van der Waals surface area (Å²) in [5.74, 6) is 0. The molecular formula is C15H26BrN3O2S+2. The first kappa shape index (κ1) is 17.9. The summed E-state index contributed by atoms with van der Waals surface area (Å²) < 4.78 is 28.2. The van der Waals surface area contributed by atoms with Gasteiger partial charge < -0.3 is 9.80 Å². The highest BCUT2D eigenvalue weighted by atomic mass is 79.9. The molecule has 0 aliphatic carbocycles. The summed E-state index contributed by atoms with van der Waals surface area (Å²) in [6.45, 7) is 8.13. The van der Waals surface area contributed by atoms with E-state index >= 15 is 0 Å². The molecule has 0 amide bonds. The van der Waals surface area contributed by atoms with E-state index in [-0.39, 0.29) is 0 Å². The van der Waals surface area contributed by atoms with Crippen LogP contribution in [0.15, 0.2) is 27.6 Å². The molecule has 22 heavy (non-hydrogen) atoms. The molecule has 1 aliphatic rings. The first-order valence-corrected chi connectivity index (χ1v) is 10.1. The number of hydrogen-bond donors (Lipinski definition) is 3. The maximum atomic E-state index is 12.4. The molecule has 1 saturated heterocycles. The lowest BCUT2D eigenvalue weighted by molar-refractivity contribution is -1.00. The molecule has 0 atom stereocenters. The molecule has 1 heterocycles. The Balaban J connectivity index is 1.82. The fourth-order valence-corrected chi connectivity index (χ4v) is 4.62. The summed E-state index contributed by atoms with van der Waals surface area (Å²) >= 11 is 3.33. The van der Waals surface area contributed by atoms with Crippen LogP contribution in [-0.4, -0.2) is 54.7 Å². The van der Waals surface area contributed by atoms with Crippen LogP contribution in [0.2, 0.25) is 0 Å². The van der Waals surface area contributed by atoms with Crippen LogP contribution in [0.4, 0.5) is 0 Å². The Labute approximate surface area is 141 Å². The zero-order valence-electron chi connectivity index (χ0n) is 13.3. The van der Waals surface area contributed by atoms with Gasteiger partial charge in [0.2, 0.25) is 10.0 Å². The topological polar surface area (TPSA) is 55.0 Å². The zero-order valence-corrected chi connectivity index (χ0v) is 15.7. The number of quaternary nitrogens is 2. The highest BCUT2D eigenvalue weighted by Gasteiger charge is 2.20. The Morgan fingerprint density at radius 2 is 1.91 bits per heavy atom. The van der Waals surface area contributed by atoms with Gasteiger partial charge in [0.1, 0.15) is 26.2 Å². The van der Waals surface area contributed by atoms with E-state index in [0.717, 1.165) is 23.0 Å². The Bertz CT molecular complexity index is 599. The van der Waals surface area contributed by atoms with Crippen LogP contribution in [0.5, 0.6) is 0 Å². The van der Waals surface area contributed by atoms with Gasteiger partial charge in [0.15, 0.2) is 0 Å². The lowest BCUT2D eigenvalue weighted by Gasteiger charge is -2.27. The van der Waals surface area contributed by atoms with Gasteiger partial charge in [0.05, 0.1) is 18.5 Å². The monoisotopic (exact) mass is 391 g/mol. The van der Waals surface area contributed by atoms with E-state index in [2.05, 4.69) is 27.7 Å². The van der Waals surface area contributed by atoms with Crippen molar-refractivity contribution in [2.75, 3.05) is 46.3 Å². The molecule has 5 nitrogen and oxygen atoms in total. The molecule has 0 saturated carbocycles. The minimum atomic E-state index is -3.42. The second kappa shape index (κ2) is 7.88. The van der Waals surface area contributed by atoms with Crippen molar-refractivity contribution >= 4 is 26.0 Å². The second-order valence-corrected chi connectivity index (χ2v) is 8.77. The lowest BCUT2D eigenvalue weighted by atomic mass is 10.2. The van der Waals surface area contributed by atoms with E-state index in [1.54, 1.807) is 15.9 Å². The summed E-state index contributed by atoms with van der Waals surface area (Å²) in [6, 6.07) is 5.33. The predicted molar refractivity (Wildman–Crippen MR) is 90.9 cm³/mol. The second-order valence-electron chi connectivity index (χ2n) is 6.12. The van der Waals surface area contributed by atoms with Gasteiger partial charge in [-0.05, 0) is 24.6 Å². The van der Waals surface area contributed by atoms with Crippen molar-refractivity contribution in [3.8, 4) is 0 Å². The van der Waals surface area contributed by atoms with Crippen molar-refractivity contribution in [2.24, 2.45) is 0 Å². The number of likely N-dealkylation sites (N-methyl/N-ethyl adjacent to an activating group) is 1. The smallest absolute Gasteiger partial charge is 0.240 e. The maximum Gasteiger partial charge on any atom is 0.240 e. The van der Waals surface area contributed by atoms with Gasteiger partial charge >= 0.3 is 0 Å². The summed E-state index contributed by atoms with van der Waals surface area (Å²) in [5.41, 5.74) is 0.767. The first-order chi connectivity index (χ1) is 10.4. The van der Waals surface area contributed by atoms with Crippen LogP contribution < -0.4 is 14.5 Å². The normalized spacial score (nSPS) is 22.7. The highest BCUT2D eigenvalue weighted by molar-refractivity contribution is 9.10. The summed E-state index contributed by atoms with van der Waals surface area (Å²) in [6.07, 6.45) is 0.876. The van der Waals surface area contributed by atoms with Crippen molar-refractivity contribution in [3.63, 3.8) is 0 Å². The summed E-state index contributed by atoms with van der Waals surface area (Å²) in [4.78, 5) is 3.54. The summed E-state index contributed by atoms with van der Waals surface area (Å²) in [5, 5.41) is 0. The molecule has 2 rings (SSSR count). The number of piperazine rings is 1.